The van der Waals surface area contributed by atoms with Gasteiger partial charge in [0.05, 0.1) is 11.0 Å². The van der Waals surface area contributed by atoms with Gasteiger partial charge in [-0.2, -0.15) is 8.42 Å². The molecule has 3 atom stereocenters. The predicted molar refractivity (Wildman–Crippen MR) is 156 cm³/mol. The number of carbonyl (C=O) groups excluding carboxylic acids is 3. The van der Waals surface area contributed by atoms with Gasteiger partial charge in [0.2, 0.25) is 11.8 Å². The molecule has 10 nitrogen and oxygen atoms in total. The molecule has 0 spiro atoms. The number of hydrogen-bond donors (Lipinski definition) is 2. The summed E-state index contributed by atoms with van der Waals surface area (Å²) in [6.45, 7) is 3.64. The first-order chi connectivity index (χ1) is 19.7. The maximum atomic E-state index is 13.9. The molecular weight excluding hydrogens is 614 g/mol. The number of amides is 3. The molecule has 3 amide bonds. The molecule has 41 heavy (non-hydrogen) atoms. The third-order valence-electron chi connectivity index (χ3n) is 7.70. The summed E-state index contributed by atoms with van der Waals surface area (Å²) >= 11 is 3.29. The number of ether oxygens (including phenoxy) is 1. The highest BCUT2D eigenvalue weighted by Crippen LogP contribution is 2.28. The minimum atomic E-state index is -4.13. The summed E-state index contributed by atoms with van der Waals surface area (Å²) in [5.74, 6) is -0.786. The molecule has 0 radical (unpaired) electrons. The molecule has 0 aromatic heterocycles. The van der Waals surface area contributed by atoms with Crippen LogP contribution in [0.3, 0.4) is 0 Å². The lowest BCUT2D eigenvalue weighted by Crippen LogP contribution is -2.54. The average Bonchev–Trinajstić information content (AvgIpc) is 3.41. The molecule has 3 fully saturated rings. The lowest BCUT2D eigenvalue weighted by Gasteiger charge is -2.29. The van der Waals surface area contributed by atoms with Crippen LogP contribution in [0, 0.1) is 0 Å². The second-order valence-electron chi connectivity index (χ2n) is 11.1. The maximum absolute atomic E-state index is 13.9. The highest BCUT2D eigenvalue weighted by Gasteiger charge is 2.45. The molecule has 2 aliphatic carbocycles. The van der Waals surface area contributed by atoms with Crippen LogP contribution in [0.1, 0.15) is 77.0 Å². The van der Waals surface area contributed by atoms with Gasteiger partial charge < -0.3 is 20.3 Å². The number of hydrogen-bond acceptors (Lipinski definition) is 7. The molecule has 0 bridgehead atoms. The number of carbonyl (C=O) groups is 3. The number of halogens is 1. The van der Waals surface area contributed by atoms with Crippen molar-refractivity contribution in [3.63, 3.8) is 0 Å². The van der Waals surface area contributed by atoms with E-state index < -0.39 is 40.3 Å². The van der Waals surface area contributed by atoms with Gasteiger partial charge in [-0.25, -0.2) is 4.79 Å². The Kier molecular flexibility index (Phi) is 11.2. The summed E-state index contributed by atoms with van der Waals surface area (Å²) in [7, 11) is -4.13. The van der Waals surface area contributed by atoms with E-state index in [2.05, 4.69) is 33.1 Å². The van der Waals surface area contributed by atoms with Gasteiger partial charge in [-0.3, -0.25) is 13.8 Å². The fraction of sp³-hybridized carbons (Fsp3) is 0.621. The molecule has 4 rings (SSSR count). The number of alkyl carbamates (subject to hydrolysis) is 1. The third-order valence-corrected chi connectivity index (χ3v) is 9.61. The molecule has 1 aliphatic heterocycles. The van der Waals surface area contributed by atoms with Crippen molar-refractivity contribution in [2.24, 2.45) is 0 Å². The van der Waals surface area contributed by atoms with Gasteiger partial charge in [-0.05, 0) is 82.1 Å². The number of rotatable bonds is 14. The fourth-order valence-electron chi connectivity index (χ4n) is 5.33. The average molecular weight is 655 g/mol. The topological polar surface area (TPSA) is 131 Å². The zero-order valence-electron chi connectivity index (χ0n) is 23.3. The number of nitrogens with zero attached hydrogens (tertiary/aromatic N) is 1. The Hall–Kier alpha value is -2.44. The lowest BCUT2D eigenvalue weighted by atomic mass is 10.1. The van der Waals surface area contributed by atoms with Crippen LogP contribution in [0.2, 0.25) is 0 Å². The maximum Gasteiger partial charge on any atom is 0.408 e. The van der Waals surface area contributed by atoms with Crippen molar-refractivity contribution in [3.8, 4) is 0 Å². The van der Waals surface area contributed by atoms with Crippen molar-refractivity contribution in [2.45, 2.75) is 112 Å². The van der Waals surface area contributed by atoms with Crippen molar-refractivity contribution >= 4 is 44.0 Å². The van der Waals surface area contributed by atoms with E-state index in [-0.39, 0.29) is 35.9 Å². The van der Waals surface area contributed by atoms with Crippen molar-refractivity contribution in [1.29, 1.82) is 0 Å². The van der Waals surface area contributed by atoms with Gasteiger partial charge in [0.1, 0.15) is 18.2 Å². The van der Waals surface area contributed by atoms with E-state index in [4.69, 9.17) is 8.92 Å². The molecule has 12 heteroatoms. The van der Waals surface area contributed by atoms with Crippen molar-refractivity contribution in [1.82, 2.24) is 15.5 Å². The largest absolute Gasteiger partial charge is 0.446 e. The first kappa shape index (κ1) is 31.5. The first-order valence-electron chi connectivity index (χ1n) is 14.5. The highest BCUT2D eigenvalue weighted by molar-refractivity contribution is 9.10. The Balaban J connectivity index is 1.48. The molecular formula is C29H40BrN3O7S. The number of nitrogens with one attached hydrogen (secondary N) is 2. The monoisotopic (exact) mass is 653 g/mol. The molecule has 2 unspecified atom stereocenters. The van der Waals surface area contributed by atoms with E-state index in [1.54, 1.807) is 12.1 Å². The van der Waals surface area contributed by atoms with Gasteiger partial charge in [0.25, 0.3) is 10.1 Å². The molecule has 2 saturated carbocycles. The third kappa shape index (κ3) is 9.27. The van der Waals surface area contributed by atoms with Gasteiger partial charge >= 0.3 is 6.09 Å². The van der Waals surface area contributed by atoms with Crippen LogP contribution >= 0.6 is 15.9 Å². The standard InChI is InChI=1S/C29H40BrN3O7S/c1-2-3-4-5-6-11-25(32-29(36)39-22-9-7-8-10-22)28(35)33-19-23(18-26(33)27(34)31-21-14-15-21)40-41(37,38)24-16-12-20(30)13-17-24/h2,12-13,16-17,21-23,25-26H,1,3-11,14-15,18-19H2,(H,31,34)(H,32,36)/t23?,25?,26-/m0/s1. The van der Waals surface area contributed by atoms with E-state index >= 15 is 0 Å². The van der Waals surface area contributed by atoms with Gasteiger partial charge in [0, 0.05) is 23.5 Å². The summed E-state index contributed by atoms with van der Waals surface area (Å²) in [6.07, 6.45) is 9.14. The summed E-state index contributed by atoms with van der Waals surface area (Å²) in [5.41, 5.74) is 0. The molecule has 3 aliphatic rings. The van der Waals surface area contributed by atoms with Crippen LogP contribution in [0.25, 0.3) is 0 Å². The Labute approximate surface area is 250 Å². The van der Waals surface area contributed by atoms with Crippen LogP contribution < -0.4 is 10.6 Å². The predicted octanol–water partition coefficient (Wildman–Crippen LogP) is 4.58. The van der Waals surface area contributed by atoms with Crippen LogP contribution in [-0.4, -0.2) is 68.1 Å². The minimum Gasteiger partial charge on any atom is -0.446 e. The molecule has 1 aromatic rings. The van der Waals surface area contributed by atoms with E-state index in [0.29, 0.717) is 12.8 Å². The van der Waals surface area contributed by atoms with Crippen molar-refractivity contribution in [2.75, 3.05) is 6.54 Å². The van der Waals surface area contributed by atoms with Crippen LogP contribution in [0.5, 0.6) is 0 Å². The highest BCUT2D eigenvalue weighted by atomic mass is 79.9. The van der Waals surface area contributed by atoms with Gasteiger partial charge in [0.15, 0.2) is 0 Å². The minimum absolute atomic E-state index is 0.0156. The van der Waals surface area contributed by atoms with Crippen molar-refractivity contribution in [3.05, 3.63) is 41.4 Å². The molecule has 1 heterocycles. The summed E-state index contributed by atoms with van der Waals surface area (Å²) < 4.78 is 37.8. The zero-order chi connectivity index (χ0) is 29.4. The normalized spacial score (nSPS) is 21.8. The zero-order valence-corrected chi connectivity index (χ0v) is 25.7. The smallest absolute Gasteiger partial charge is 0.408 e. The van der Waals surface area contributed by atoms with Crippen LogP contribution in [0.4, 0.5) is 4.79 Å². The number of unbranched alkanes of at least 4 members (excludes halogenated alkanes) is 3. The number of likely N-dealkylation sites (tertiary alicyclic amines) is 1. The van der Waals surface area contributed by atoms with Crippen molar-refractivity contribution < 1.29 is 31.7 Å². The Morgan fingerprint density at radius 1 is 1.05 bits per heavy atom. The van der Waals surface area contributed by atoms with E-state index in [9.17, 15) is 22.8 Å². The summed E-state index contributed by atoms with van der Waals surface area (Å²) in [4.78, 5) is 41.2. The Morgan fingerprint density at radius 3 is 2.41 bits per heavy atom. The fourth-order valence-corrected chi connectivity index (χ4v) is 6.67. The summed E-state index contributed by atoms with van der Waals surface area (Å²) in [6, 6.07) is 4.29. The molecule has 2 N–H and O–H groups in total. The first-order valence-corrected chi connectivity index (χ1v) is 16.7. The van der Waals surface area contributed by atoms with Crippen LogP contribution in [0.15, 0.2) is 46.3 Å². The van der Waals surface area contributed by atoms with Gasteiger partial charge in [-0.15, -0.1) is 6.58 Å². The lowest BCUT2D eigenvalue weighted by molar-refractivity contribution is -0.140. The molecule has 226 valence electrons. The summed E-state index contributed by atoms with van der Waals surface area (Å²) in [5, 5.41) is 5.68. The quantitative estimate of drug-likeness (QED) is 0.171. The van der Waals surface area contributed by atoms with E-state index in [1.807, 2.05) is 6.08 Å². The SMILES string of the molecule is C=CCCCCCC(NC(=O)OC1CCCC1)C(=O)N1CC(OS(=O)(=O)c2ccc(Br)cc2)C[C@H]1C(=O)NC1CC1. The second kappa shape index (κ2) is 14.6. The molecule has 1 saturated heterocycles. The number of allylic oxidation sites excluding steroid dienone is 1. The Morgan fingerprint density at radius 2 is 1.76 bits per heavy atom. The van der Waals surface area contributed by atoms with Gasteiger partial charge in [-0.1, -0.05) is 34.8 Å². The van der Waals surface area contributed by atoms with Crippen LogP contribution in [-0.2, 0) is 28.6 Å². The van der Waals surface area contributed by atoms with E-state index in [1.165, 1.54) is 17.0 Å². The molecule has 1 aromatic carbocycles. The number of benzene rings is 1. The van der Waals surface area contributed by atoms with E-state index in [0.717, 1.165) is 62.3 Å². The Bertz CT molecular complexity index is 1180. The second-order valence-corrected chi connectivity index (χ2v) is 13.6.